The third-order valence-electron chi connectivity index (χ3n) is 2.68. The summed E-state index contributed by atoms with van der Waals surface area (Å²) < 4.78 is 5.21. The van der Waals surface area contributed by atoms with Crippen molar-refractivity contribution in [2.24, 2.45) is 5.73 Å². The van der Waals surface area contributed by atoms with Gasteiger partial charge in [-0.15, -0.1) is 0 Å². The van der Waals surface area contributed by atoms with Crippen LogP contribution in [0.5, 0.6) is 0 Å². The van der Waals surface area contributed by atoms with Crippen LogP contribution in [-0.4, -0.2) is 21.7 Å². The summed E-state index contributed by atoms with van der Waals surface area (Å²) in [5.41, 5.74) is 7.15. The number of aromatic nitrogens is 3. The van der Waals surface area contributed by atoms with Crippen molar-refractivity contribution in [3.8, 4) is 11.5 Å². The minimum atomic E-state index is 0.563. The summed E-state index contributed by atoms with van der Waals surface area (Å²) in [6, 6.07) is 5.77. The molecule has 2 aromatic heterocycles. The van der Waals surface area contributed by atoms with Crippen LogP contribution < -0.4 is 5.73 Å². The van der Waals surface area contributed by atoms with Crippen LogP contribution in [-0.2, 0) is 6.42 Å². The van der Waals surface area contributed by atoms with Crippen molar-refractivity contribution in [2.75, 3.05) is 6.54 Å². The van der Waals surface area contributed by atoms with Gasteiger partial charge >= 0.3 is 0 Å². The van der Waals surface area contributed by atoms with Gasteiger partial charge in [-0.3, -0.25) is 0 Å². The predicted molar refractivity (Wildman–Crippen MR) is 68.9 cm³/mol. The quantitative estimate of drug-likeness (QED) is 0.790. The molecule has 0 fully saturated rings. The molecule has 0 aromatic carbocycles. The minimum absolute atomic E-state index is 0.563. The van der Waals surface area contributed by atoms with Crippen LogP contribution in [0.1, 0.15) is 30.8 Å². The van der Waals surface area contributed by atoms with Crippen molar-refractivity contribution in [2.45, 2.75) is 32.6 Å². The molecule has 2 rings (SSSR count). The van der Waals surface area contributed by atoms with Gasteiger partial charge in [-0.05, 0) is 38.4 Å². The lowest BCUT2D eigenvalue weighted by Crippen LogP contribution is -1.98. The first-order valence-electron chi connectivity index (χ1n) is 6.26. The molecule has 0 bridgehead atoms. The van der Waals surface area contributed by atoms with E-state index in [0.717, 1.165) is 43.6 Å². The van der Waals surface area contributed by atoms with Crippen LogP contribution in [0.15, 0.2) is 22.7 Å². The number of unbranched alkanes of at least 4 members (excludes halogenated alkanes) is 2. The summed E-state index contributed by atoms with van der Waals surface area (Å²) in [7, 11) is 0. The Kier molecular flexibility index (Phi) is 4.41. The van der Waals surface area contributed by atoms with Gasteiger partial charge in [0.25, 0.3) is 0 Å². The van der Waals surface area contributed by atoms with Crippen molar-refractivity contribution in [1.82, 2.24) is 15.1 Å². The Morgan fingerprint density at radius 1 is 1.17 bits per heavy atom. The van der Waals surface area contributed by atoms with Gasteiger partial charge in [-0.25, -0.2) is 4.98 Å². The van der Waals surface area contributed by atoms with Crippen LogP contribution in [0.3, 0.4) is 0 Å². The Bertz CT molecular complexity index is 495. The third-order valence-corrected chi connectivity index (χ3v) is 2.68. The molecular formula is C13H18N4O. The van der Waals surface area contributed by atoms with E-state index >= 15 is 0 Å². The molecule has 2 heterocycles. The molecule has 0 radical (unpaired) electrons. The van der Waals surface area contributed by atoms with Crippen LogP contribution in [0.25, 0.3) is 11.5 Å². The van der Waals surface area contributed by atoms with Gasteiger partial charge in [0.15, 0.2) is 0 Å². The summed E-state index contributed by atoms with van der Waals surface area (Å²) in [5.74, 6) is 1.23. The van der Waals surface area contributed by atoms with Crippen molar-refractivity contribution in [3.63, 3.8) is 0 Å². The van der Waals surface area contributed by atoms with Crippen molar-refractivity contribution in [3.05, 3.63) is 29.8 Å². The molecule has 2 N–H and O–H groups in total. The largest absolute Gasteiger partial charge is 0.339 e. The molecule has 0 amide bonds. The summed E-state index contributed by atoms with van der Waals surface area (Å²) in [5, 5.41) is 3.95. The van der Waals surface area contributed by atoms with Gasteiger partial charge in [0.2, 0.25) is 11.7 Å². The second-order valence-corrected chi connectivity index (χ2v) is 4.28. The molecule has 0 unspecified atom stereocenters. The minimum Gasteiger partial charge on any atom is -0.339 e. The number of rotatable bonds is 6. The van der Waals surface area contributed by atoms with Crippen LogP contribution in [0.2, 0.25) is 0 Å². The standard InChI is InChI=1S/C13H18N4O/c1-10-6-5-7-11(15-10)13-16-12(18-17-13)8-3-2-4-9-14/h5-7H,2-4,8-9,14H2,1H3. The first-order valence-corrected chi connectivity index (χ1v) is 6.26. The fourth-order valence-electron chi connectivity index (χ4n) is 1.73. The maximum Gasteiger partial charge on any atom is 0.227 e. The molecule has 0 aliphatic carbocycles. The molecule has 0 spiro atoms. The molecule has 5 nitrogen and oxygen atoms in total. The van der Waals surface area contributed by atoms with E-state index in [4.69, 9.17) is 10.3 Å². The summed E-state index contributed by atoms with van der Waals surface area (Å²) in [6.45, 7) is 2.68. The average molecular weight is 246 g/mol. The lowest BCUT2D eigenvalue weighted by atomic mass is 10.2. The van der Waals surface area contributed by atoms with E-state index in [2.05, 4.69) is 15.1 Å². The number of hydrogen-bond donors (Lipinski definition) is 1. The Hall–Kier alpha value is -1.75. The highest BCUT2D eigenvalue weighted by Gasteiger charge is 2.09. The Morgan fingerprint density at radius 2 is 2.06 bits per heavy atom. The van der Waals surface area contributed by atoms with E-state index in [9.17, 15) is 0 Å². The normalized spacial score (nSPS) is 10.8. The van der Waals surface area contributed by atoms with Gasteiger partial charge in [-0.1, -0.05) is 17.6 Å². The number of nitrogens with two attached hydrogens (primary N) is 1. The highest BCUT2D eigenvalue weighted by Crippen LogP contribution is 2.14. The molecule has 18 heavy (non-hydrogen) atoms. The first-order chi connectivity index (χ1) is 8.79. The zero-order valence-corrected chi connectivity index (χ0v) is 10.6. The number of nitrogens with zero attached hydrogens (tertiary/aromatic N) is 3. The lowest BCUT2D eigenvalue weighted by Gasteiger charge is -1.95. The summed E-state index contributed by atoms with van der Waals surface area (Å²) >= 11 is 0. The molecule has 96 valence electrons. The predicted octanol–water partition coefficient (Wildman–Crippen LogP) is 2.11. The maximum absolute atomic E-state index is 5.44. The molecule has 0 saturated carbocycles. The fraction of sp³-hybridized carbons (Fsp3) is 0.462. The lowest BCUT2D eigenvalue weighted by molar-refractivity contribution is 0.374. The fourth-order valence-corrected chi connectivity index (χ4v) is 1.73. The Balaban J connectivity index is 1.97. The average Bonchev–Trinajstić information content (AvgIpc) is 2.83. The first kappa shape index (κ1) is 12.7. The molecule has 2 aromatic rings. The number of aryl methyl sites for hydroxylation is 2. The van der Waals surface area contributed by atoms with Gasteiger partial charge < -0.3 is 10.3 Å². The summed E-state index contributed by atoms with van der Waals surface area (Å²) in [6.07, 6.45) is 3.97. The SMILES string of the molecule is Cc1cccc(-c2noc(CCCCCN)n2)n1. The zero-order valence-electron chi connectivity index (χ0n) is 10.6. The van der Waals surface area contributed by atoms with Gasteiger partial charge in [0.1, 0.15) is 5.69 Å². The summed E-state index contributed by atoms with van der Waals surface area (Å²) in [4.78, 5) is 8.71. The van der Waals surface area contributed by atoms with Gasteiger partial charge in [0.05, 0.1) is 0 Å². The van der Waals surface area contributed by atoms with Crippen LogP contribution in [0, 0.1) is 6.92 Å². The van der Waals surface area contributed by atoms with Crippen molar-refractivity contribution in [1.29, 1.82) is 0 Å². The Morgan fingerprint density at radius 3 is 2.83 bits per heavy atom. The van der Waals surface area contributed by atoms with Crippen LogP contribution in [0.4, 0.5) is 0 Å². The van der Waals surface area contributed by atoms with Crippen LogP contribution >= 0.6 is 0 Å². The highest BCUT2D eigenvalue weighted by atomic mass is 16.5. The van der Waals surface area contributed by atoms with E-state index in [-0.39, 0.29) is 0 Å². The molecule has 0 aliphatic heterocycles. The highest BCUT2D eigenvalue weighted by molar-refractivity contribution is 5.47. The molecule has 0 aliphatic rings. The van der Waals surface area contributed by atoms with Gasteiger partial charge in [0, 0.05) is 12.1 Å². The van der Waals surface area contributed by atoms with E-state index in [1.165, 1.54) is 0 Å². The van der Waals surface area contributed by atoms with E-state index in [1.54, 1.807) is 0 Å². The number of hydrogen-bond acceptors (Lipinski definition) is 5. The molecule has 5 heteroatoms. The Labute approximate surface area is 106 Å². The van der Waals surface area contributed by atoms with E-state index in [1.807, 2.05) is 25.1 Å². The van der Waals surface area contributed by atoms with Crippen molar-refractivity contribution >= 4 is 0 Å². The van der Waals surface area contributed by atoms with E-state index in [0.29, 0.717) is 11.7 Å². The molecular weight excluding hydrogens is 228 g/mol. The third kappa shape index (κ3) is 3.37. The topological polar surface area (TPSA) is 77.8 Å². The van der Waals surface area contributed by atoms with Gasteiger partial charge in [-0.2, -0.15) is 4.98 Å². The monoisotopic (exact) mass is 246 g/mol. The molecule has 0 atom stereocenters. The van der Waals surface area contributed by atoms with E-state index < -0.39 is 0 Å². The van der Waals surface area contributed by atoms with Crippen molar-refractivity contribution < 1.29 is 4.52 Å². The second-order valence-electron chi connectivity index (χ2n) is 4.28. The second kappa shape index (κ2) is 6.26. The zero-order chi connectivity index (χ0) is 12.8. The number of pyridine rings is 1. The molecule has 0 saturated heterocycles. The smallest absolute Gasteiger partial charge is 0.227 e. The maximum atomic E-state index is 5.44.